The molecule has 0 saturated heterocycles. The van der Waals surface area contributed by atoms with Crippen LogP contribution in [-0.2, 0) is 4.74 Å². The Bertz CT molecular complexity index is 237. The molecule has 3 heteroatoms. The SMILES string of the molecule is COC(C)c1nc[c]c(C)n1. The van der Waals surface area contributed by atoms with Crippen LogP contribution in [0.3, 0.4) is 0 Å². The van der Waals surface area contributed by atoms with Gasteiger partial charge in [-0.05, 0) is 13.8 Å². The molecule has 0 fully saturated rings. The summed E-state index contributed by atoms with van der Waals surface area (Å²) >= 11 is 0. The lowest BCUT2D eigenvalue weighted by Crippen LogP contribution is -2.02. The number of hydrogen-bond acceptors (Lipinski definition) is 3. The van der Waals surface area contributed by atoms with E-state index in [0.717, 1.165) is 5.69 Å². The van der Waals surface area contributed by atoms with Gasteiger partial charge >= 0.3 is 0 Å². The molecule has 11 heavy (non-hydrogen) atoms. The molecule has 0 saturated carbocycles. The number of rotatable bonds is 2. The van der Waals surface area contributed by atoms with Crippen molar-refractivity contribution in [3.05, 3.63) is 23.8 Å². The van der Waals surface area contributed by atoms with Crippen LogP contribution in [0.15, 0.2) is 6.20 Å². The molecule has 0 aromatic carbocycles. The summed E-state index contributed by atoms with van der Waals surface area (Å²) in [6, 6.07) is 2.87. The smallest absolute Gasteiger partial charge is 0.157 e. The van der Waals surface area contributed by atoms with E-state index >= 15 is 0 Å². The first-order valence-electron chi connectivity index (χ1n) is 3.48. The van der Waals surface area contributed by atoms with Gasteiger partial charge in [0.05, 0.1) is 0 Å². The van der Waals surface area contributed by atoms with Crippen molar-refractivity contribution in [3.8, 4) is 0 Å². The molecule has 0 aliphatic carbocycles. The monoisotopic (exact) mass is 151 g/mol. The third-order valence-electron chi connectivity index (χ3n) is 1.47. The number of aromatic nitrogens is 2. The molecule has 1 heterocycles. The van der Waals surface area contributed by atoms with Crippen molar-refractivity contribution >= 4 is 0 Å². The zero-order valence-corrected chi connectivity index (χ0v) is 6.96. The van der Waals surface area contributed by atoms with E-state index in [4.69, 9.17) is 4.74 Å². The largest absolute Gasteiger partial charge is 0.374 e. The predicted molar refractivity (Wildman–Crippen MR) is 41.0 cm³/mol. The van der Waals surface area contributed by atoms with E-state index in [1.807, 2.05) is 13.8 Å². The molecular formula is C8H11N2O. The fraction of sp³-hybridized carbons (Fsp3) is 0.500. The second kappa shape index (κ2) is 3.44. The Morgan fingerprint density at radius 2 is 2.36 bits per heavy atom. The minimum Gasteiger partial charge on any atom is -0.374 e. The number of hydrogen-bond donors (Lipinski definition) is 0. The van der Waals surface area contributed by atoms with Crippen LogP contribution in [0.25, 0.3) is 0 Å². The third kappa shape index (κ3) is 1.98. The molecule has 0 aliphatic rings. The summed E-state index contributed by atoms with van der Waals surface area (Å²) in [5, 5.41) is 0. The van der Waals surface area contributed by atoms with Crippen LogP contribution in [0.4, 0.5) is 0 Å². The predicted octanol–water partition coefficient (Wildman–Crippen LogP) is 1.29. The Kier molecular flexibility index (Phi) is 2.54. The Labute approximate surface area is 66.4 Å². The van der Waals surface area contributed by atoms with Crippen LogP contribution in [0.1, 0.15) is 24.5 Å². The maximum absolute atomic E-state index is 5.05. The van der Waals surface area contributed by atoms with Crippen molar-refractivity contribution in [1.82, 2.24) is 9.97 Å². The van der Waals surface area contributed by atoms with Crippen molar-refractivity contribution in [2.75, 3.05) is 7.11 Å². The summed E-state index contributed by atoms with van der Waals surface area (Å²) in [6.45, 7) is 3.79. The summed E-state index contributed by atoms with van der Waals surface area (Å²) in [4.78, 5) is 8.17. The lowest BCUT2D eigenvalue weighted by molar-refractivity contribution is 0.112. The Morgan fingerprint density at radius 1 is 1.64 bits per heavy atom. The standard InChI is InChI=1S/C8H11N2O/c1-6-4-5-9-8(10-6)7(2)11-3/h5,7H,1-3H3. The highest BCUT2D eigenvalue weighted by molar-refractivity contribution is 4.99. The van der Waals surface area contributed by atoms with Crippen LogP contribution >= 0.6 is 0 Å². The number of ether oxygens (including phenoxy) is 1. The van der Waals surface area contributed by atoms with Crippen molar-refractivity contribution in [3.63, 3.8) is 0 Å². The van der Waals surface area contributed by atoms with Crippen LogP contribution in [0.5, 0.6) is 0 Å². The summed E-state index contributed by atoms with van der Waals surface area (Å²) in [6.07, 6.45) is 1.58. The van der Waals surface area contributed by atoms with Gasteiger partial charge < -0.3 is 4.74 Å². The normalized spacial score (nSPS) is 13.0. The maximum Gasteiger partial charge on any atom is 0.157 e. The van der Waals surface area contributed by atoms with Crippen molar-refractivity contribution in [2.45, 2.75) is 20.0 Å². The van der Waals surface area contributed by atoms with Crippen molar-refractivity contribution in [1.29, 1.82) is 0 Å². The minimum absolute atomic E-state index is 0.0386. The van der Waals surface area contributed by atoms with Gasteiger partial charge in [0.2, 0.25) is 0 Å². The molecule has 0 N–H and O–H groups in total. The minimum atomic E-state index is -0.0386. The highest BCUT2D eigenvalue weighted by Crippen LogP contribution is 2.08. The molecule has 0 amide bonds. The summed E-state index contributed by atoms with van der Waals surface area (Å²) in [7, 11) is 1.64. The number of methoxy groups -OCH3 is 1. The summed E-state index contributed by atoms with van der Waals surface area (Å²) in [5.41, 5.74) is 0.846. The van der Waals surface area contributed by atoms with Gasteiger partial charge in [-0.2, -0.15) is 0 Å². The van der Waals surface area contributed by atoms with Crippen LogP contribution in [0, 0.1) is 13.0 Å². The fourth-order valence-electron chi connectivity index (χ4n) is 0.726. The van der Waals surface area contributed by atoms with Crippen LogP contribution < -0.4 is 0 Å². The summed E-state index contributed by atoms with van der Waals surface area (Å²) < 4.78 is 5.05. The van der Waals surface area contributed by atoms with Gasteiger partial charge in [0.25, 0.3) is 0 Å². The van der Waals surface area contributed by atoms with E-state index in [1.165, 1.54) is 0 Å². The lowest BCUT2D eigenvalue weighted by Gasteiger charge is -2.06. The van der Waals surface area contributed by atoms with E-state index in [2.05, 4.69) is 16.0 Å². The van der Waals surface area contributed by atoms with Gasteiger partial charge in [-0.1, -0.05) is 0 Å². The van der Waals surface area contributed by atoms with Crippen molar-refractivity contribution in [2.24, 2.45) is 0 Å². The topological polar surface area (TPSA) is 35.0 Å². The first-order chi connectivity index (χ1) is 5.24. The van der Waals surface area contributed by atoms with E-state index in [-0.39, 0.29) is 6.10 Å². The fourth-order valence-corrected chi connectivity index (χ4v) is 0.726. The average Bonchev–Trinajstić information content (AvgIpc) is 2.03. The molecule has 1 aromatic rings. The Hall–Kier alpha value is -0.960. The molecule has 1 aromatic heterocycles. The molecule has 1 atom stereocenters. The molecule has 1 radical (unpaired) electrons. The van der Waals surface area contributed by atoms with E-state index < -0.39 is 0 Å². The zero-order chi connectivity index (χ0) is 8.27. The lowest BCUT2D eigenvalue weighted by atomic mass is 10.3. The molecule has 59 valence electrons. The number of aryl methyl sites for hydroxylation is 1. The van der Waals surface area contributed by atoms with Gasteiger partial charge in [-0.3, -0.25) is 0 Å². The quantitative estimate of drug-likeness (QED) is 0.639. The van der Waals surface area contributed by atoms with Gasteiger partial charge in [0, 0.05) is 25.1 Å². The van der Waals surface area contributed by atoms with Crippen LogP contribution in [-0.4, -0.2) is 17.1 Å². The van der Waals surface area contributed by atoms with E-state index in [9.17, 15) is 0 Å². The molecule has 3 nitrogen and oxygen atoms in total. The van der Waals surface area contributed by atoms with Gasteiger partial charge in [0.15, 0.2) is 5.82 Å². The molecule has 1 rings (SSSR count). The van der Waals surface area contributed by atoms with Gasteiger partial charge in [-0.25, -0.2) is 9.97 Å². The number of nitrogens with zero attached hydrogens (tertiary/aromatic N) is 2. The molecular weight excluding hydrogens is 140 g/mol. The average molecular weight is 151 g/mol. The van der Waals surface area contributed by atoms with E-state index in [1.54, 1.807) is 13.3 Å². The summed E-state index contributed by atoms with van der Waals surface area (Å²) in [5.74, 6) is 0.712. The molecule has 1 unspecified atom stereocenters. The van der Waals surface area contributed by atoms with E-state index in [0.29, 0.717) is 5.82 Å². The Balaban J connectivity index is 2.86. The van der Waals surface area contributed by atoms with Gasteiger partial charge in [-0.15, -0.1) is 0 Å². The second-order valence-electron chi connectivity index (χ2n) is 2.34. The van der Waals surface area contributed by atoms with Crippen LogP contribution in [0.2, 0.25) is 0 Å². The zero-order valence-electron chi connectivity index (χ0n) is 6.96. The first-order valence-corrected chi connectivity index (χ1v) is 3.48. The van der Waals surface area contributed by atoms with Gasteiger partial charge in [0.1, 0.15) is 6.10 Å². The highest BCUT2D eigenvalue weighted by atomic mass is 16.5. The maximum atomic E-state index is 5.05. The first kappa shape index (κ1) is 8.14. The highest BCUT2D eigenvalue weighted by Gasteiger charge is 2.05. The third-order valence-corrected chi connectivity index (χ3v) is 1.47. The molecule has 0 aliphatic heterocycles. The second-order valence-corrected chi connectivity index (χ2v) is 2.34. The Morgan fingerprint density at radius 3 is 2.91 bits per heavy atom. The van der Waals surface area contributed by atoms with Crippen molar-refractivity contribution < 1.29 is 4.74 Å². The molecule has 0 spiro atoms. The molecule has 0 bridgehead atoms.